The Bertz CT molecular complexity index is 1550. The Morgan fingerprint density at radius 3 is 1.91 bits per heavy atom. The zero-order valence-electron chi connectivity index (χ0n) is 40.4. The minimum absolute atomic E-state index is 0.0291. The highest BCUT2D eigenvalue weighted by Gasteiger charge is 2.49. The normalized spacial score (nSPS) is 16.7. The second-order valence-corrected chi connectivity index (χ2v) is 35.5. The van der Waals surface area contributed by atoms with Gasteiger partial charge in [0.15, 0.2) is 25.0 Å². The first-order valence-corrected chi connectivity index (χ1v) is 31.0. The Morgan fingerprint density at radius 2 is 1.43 bits per heavy atom. The predicted octanol–water partition coefficient (Wildman–Crippen LogP) is 14.1. The molecule has 0 saturated carbocycles. The Balaban J connectivity index is 3.63. The lowest BCUT2D eigenvalue weighted by Crippen LogP contribution is -2.53. The molecular weight excluding hydrogens is 791 g/mol. The van der Waals surface area contributed by atoms with Gasteiger partial charge in [-0.2, -0.15) is 0 Å². The number of allylic oxidation sites excluding steroid dienone is 2. The maximum atomic E-state index is 14.9. The second-order valence-electron chi connectivity index (χ2n) is 20.2. The van der Waals surface area contributed by atoms with Gasteiger partial charge in [-0.3, -0.25) is 9.59 Å². The molecule has 1 aromatic heterocycles. The largest absolute Gasteiger partial charge is 0.457 e. The molecule has 0 saturated heterocycles. The van der Waals surface area contributed by atoms with Crippen molar-refractivity contribution in [2.75, 3.05) is 0 Å². The van der Waals surface area contributed by atoms with E-state index in [4.69, 9.17) is 23.0 Å². The fraction of sp³-hybridized carbons (Fsp3) is 0.723. The number of hydrogen-bond donors (Lipinski definition) is 0. The molecule has 0 aliphatic heterocycles. The molecule has 0 unspecified atom stereocenters. The summed E-state index contributed by atoms with van der Waals surface area (Å²) >= 11 is 1.58. The van der Waals surface area contributed by atoms with E-state index in [2.05, 4.69) is 122 Å². The Labute approximate surface area is 363 Å². The van der Waals surface area contributed by atoms with Gasteiger partial charge in [-0.05, 0) is 92.2 Å². The van der Waals surface area contributed by atoms with Crippen molar-refractivity contribution < 1.29 is 27.6 Å². The van der Waals surface area contributed by atoms with Crippen LogP contribution in [0.5, 0.6) is 0 Å². The van der Waals surface area contributed by atoms with Crippen molar-refractivity contribution in [3.05, 3.63) is 58.6 Å². The highest BCUT2D eigenvalue weighted by atomic mass is 32.1. The summed E-state index contributed by atoms with van der Waals surface area (Å²) in [4.78, 5) is 34.1. The van der Waals surface area contributed by atoms with Crippen LogP contribution >= 0.6 is 11.3 Å². The number of Topliss-reactive ketones (excluding diaryl/α,β-unsaturated/α-hetero) is 1. The fourth-order valence-corrected chi connectivity index (χ4v) is 12.6. The fourth-order valence-electron chi connectivity index (χ4n) is 6.50. The average Bonchev–Trinajstić information content (AvgIpc) is 3.58. The molecule has 332 valence electrons. The van der Waals surface area contributed by atoms with Gasteiger partial charge >= 0.3 is 5.97 Å². The summed E-state index contributed by atoms with van der Waals surface area (Å²) < 4.78 is 27.0. The molecule has 11 heteroatoms. The van der Waals surface area contributed by atoms with Gasteiger partial charge in [0.2, 0.25) is 0 Å². The lowest BCUT2D eigenvalue weighted by atomic mass is 9.73. The molecule has 0 spiro atoms. The number of nitrogens with zero attached hydrogens (tertiary/aromatic N) is 1. The molecule has 58 heavy (non-hydrogen) atoms. The molecule has 0 aromatic carbocycles. The summed E-state index contributed by atoms with van der Waals surface area (Å²) in [6.45, 7) is 49.3. The minimum atomic E-state index is -2.28. The van der Waals surface area contributed by atoms with E-state index in [1.807, 2.05) is 51.3 Å². The molecule has 0 fully saturated rings. The first-order valence-electron chi connectivity index (χ1n) is 21.7. The third-order valence-corrected chi connectivity index (χ3v) is 27.8. The van der Waals surface area contributed by atoms with Crippen LogP contribution in [-0.4, -0.2) is 60.0 Å². The molecule has 5 atom stereocenters. The summed E-state index contributed by atoms with van der Waals surface area (Å²) in [5.74, 6) is -0.851. The Morgan fingerprint density at radius 1 is 0.879 bits per heavy atom. The maximum Gasteiger partial charge on any atom is 0.309 e. The van der Waals surface area contributed by atoms with Crippen LogP contribution in [-0.2, 0) is 34.2 Å². The van der Waals surface area contributed by atoms with Crippen LogP contribution < -0.4 is 0 Å². The lowest BCUT2D eigenvalue weighted by Gasteiger charge is -2.45. The topological polar surface area (TPSA) is 84.0 Å². The van der Waals surface area contributed by atoms with Crippen molar-refractivity contribution in [3.8, 4) is 0 Å². The molecular formula is C47H85NO6SSi3. The number of carbonyl (C=O) groups excluding carboxylic acids is 2. The van der Waals surface area contributed by atoms with Crippen molar-refractivity contribution in [1.29, 1.82) is 0 Å². The molecule has 1 rings (SSSR count). The number of thiazole rings is 1. The third-order valence-electron chi connectivity index (χ3n) is 13.4. The molecule has 0 bridgehead atoms. The van der Waals surface area contributed by atoms with E-state index in [9.17, 15) is 9.59 Å². The van der Waals surface area contributed by atoms with Gasteiger partial charge in [-0.1, -0.05) is 114 Å². The van der Waals surface area contributed by atoms with E-state index in [1.54, 1.807) is 11.3 Å². The lowest BCUT2D eigenvalue weighted by molar-refractivity contribution is -0.153. The van der Waals surface area contributed by atoms with Crippen LogP contribution in [0.1, 0.15) is 134 Å². The van der Waals surface area contributed by atoms with Crippen molar-refractivity contribution in [1.82, 2.24) is 4.98 Å². The van der Waals surface area contributed by atoms with Crippen LogP contribution in [0.25, 0.3) is 6.08 Å². The molecule has 0 amide bonds. The van der Waals surface area contributed by atoms with E-state index in [-0.39, 0.29) is 40.3 Å². The van der Waals surface area contributed by atoms with Crippen LogP contribution in [0.15, 0.2) is 47.9 Å². The van der Waals surface area contributed by atoms with Gasteiger partial charge in [0.25, 0.3) is 0 Å². The smallest absolute Gasteiger partial charge is 0.309 e. The summed E-state index contributed by atoms with van der Waals surface area (Å²) in [6.07, 6.45) is 7.57. The van der Waals surface area contributed by atoms with Gasteiger partial charge in [0, 0.05) is 23.1 Å². The summed E-state index contributed by atoms with van der Waals surface area (Å²) in [5.41, 5.74) is 1.86. The molecule has 1 heterocycles. The first-order chi connectivity index (χ1) is 26.5. The number of esters is 1. The van der Waals surface area contributed by atoms with Gasteiger partial charge < -0.3 is 18.0 Å². The molecule has 0 aliphatic rings. The summed E-state index contributed by atoms with van der Waals surface area (Å²) in [5, 5.41) is 3.04. The number of rotatable bonds is 25. The van der Waals surface area contributed by atoms with E-state index < -0.39 is 48.5 Å². The van der Waals surface area contributed by atoms with Gasteiger partial charge in [0.05, 0.1) is 30.9 Å². The van der Waals surface area contributed by atoms with Crippen molar-refractivity contribution in [3.63, 3.8) is 0 Å². The van der Waals surface area contributed by atoms with Crippen molar-refractivity contribution in [2.24, 2.45) is 17.3 Å². The van der Waals surface area contributed by atoms with E-state index >= 15 is 0 Å². The Hall–Kier alpha value is -1.74. The number of aromatic nitrogens is 1. The molecule has 0 radical (unpaired) electrons. The van der Waals surface area contributed by atoms with Crippen molar-refractivity contribution >= 4 is 54.1 Å². The summed E-state index contributed by atoms with van der Waals surface area (Å²) in [6, 6.07) is 2.68. The van der Waals surface area contributed by atoms with Crippen LogP contribution in [0.3, 0.4) is 0 Å². The maximum absolute atomic E-state index is 14.9. The second kappa shape index (κ2) is 22.4. The quantitative estimate of drug-likeness (QED) is 0.0549. The third kappa shape index (κ3) is 15.3. The van der Waals surface area contributed by atoms with Gasteiger partial charge in [-0.25, -0.2) is 4.98 Å². The Kier molecular flexibility index (Phi) is 20.9. The monoisotopic (exact) mass is 876 g/mol. The molecule has 0 N–H and O–H groups in total. The molecule has 0 aliphatic carbocycles. The number of hydrogen-bond acceptors (Lipinski definition) is 8. The summed E-state index contributed by atoms with van der Waals surface area (Å²) in [7, 11) is -6.45. The highest BCUT2D eigenvalue weighted by molar-refractivity contribution is 7.09. The zero-order chi connectivity index (χ0) is 45.1. The van der Waals surface area contributed by atoms with Gasteiger partial charge in [0.1, 0.15) is 16.9 Å². The number of ether oxygens (including phenoxy) is 1. The standard InChI is InChI=1S/C47H85NO6SSi3/c1-22-27-34(6)28-29-39(36(8)30-38-33-55-41(48-38)32-51-56(18,19)45(10,11)12)52-42(49)31-40(53-58(24-3,25-4)26-5)47(16,17)44(50)37(9)43(35(7)23-2)54-57(20,21)46(13,14)15/h22-23,28,30,33,35,37,39-40,43H,1-2,24-27,29,31-32H2,3-21H3/b34-28+,36-30+/t35-,37+,39-,40-,43-/m0/s1. The molecule has 1 aromatic rings. The van der Waals surface area contributed by atoms with E-state index in [1.165, 1.54) is 0 Å². The highest BCUT2D eigenvalue weighted by Crippen LogP contribution is 2.42. The number of ketones is 1. The minimum Gasteiger partial charge on any atom is -0.457 e. The van der Waals surface area contributed by atoms with Crippen molar-refractivity contribution in [2.45, 2.75) is 202 Å². The predicted molar refractivity (Wildman–Crippen MR) is 257 cm³/mol. The van der Waals surface area contributed by atoms with Crippen LogP contribution in [0.4, 0.5) is 0 Å². The first kappa shape index (κ1) is 54.3. The van der Waals surface area contributed by atoms with Crippen LogP contribution in [0.2, 0.25) is 54.4 Å². The number of carbonyl (C=O) groups is 2. The van der Waals surface area contributed by atoms with Crippen LogP contribution in [0, 0.1) is 17.3 Å². The van der Waals surface area contributed by atoms with E-state index in [0.29, 0.717) is 13.0 Å². The zero-order valence-corrected chi connectivity index (χ0v) is 44.3. The SMILES string of the molecule is C=CC/C(C)=C/C[C@H](OC(=O)C[C@H](O[Si](CC)(CC)CC)C(C)(C)C(=O)[C@H](C)[C@@H](O[Si](C)(C)C(C)(C)C)[C@@H](C)C=C)/C(C)=C/c1csc(CO[Si](C)(C)C(C)(C)C)n1. The molecule has 7 nitrogen and oxygen atoms in total. The van der Waals surface area contributed by atoms with E-state index in [0.717, 1.165) is 46.4 Å². The van der Waals surface area contributed by atoms with Gasteiger partial charge in [-0.15, -0.1) is 24.5 Å². The average molecular weight is 877 g/mol.